The molecule has 0 N–H and O–H groups in total. The van der Waals surface area contributed by atoms with E-state index in [1.165, 1.54) is 45.3 Å². The Bertz CT molecular complexity index is 145. The van der Waals surface area contributed by atoms with Crippen molar-refractivity contribution in [3.8, 4) is 0 Å². The van der Waals surface area contributed by atoms with Gasteiger partial charge in [0.1, 0.15) is 0 Å². The lowest BCUT2D eigenvalue weighted by Gasteiger charge is -2.24. The maximum Gasteiger partial charge on any atom is 0.00174 e. The fourth-order valence-electron chi connectivity index (χ4n) is 2.19. The Hall–Kier alpha value is 0.310. The summed E-state index contributed by atoms with van der Waals surface area (Å²) in [7, 11) is 0. The second-order valence-corrected chi connectivity index (χ2v) is 5.16. The van der Waals surface area contributed by atoms with Gasteiger partial charge in [-0.3, -0.25) is 0 Å². The van der Waals surface area contributed by atoms with Crippen LogP contribution in [0.3, 0.4) is 0 Å². The van der Waals surface area contributed by atoms with Gasteiger partial charge in [-0.25, -0.2) is 0 Å². The summed E-state index contributed by atoms with van der Waals surface area (Å²) in [5.41, 5.74) is 0. The normalized spacial score (nSPS) is 27.2. The summed E-state index contributed by atoms with van der Waals surface area (Å²) in [5.74, 6) is 2.78. The second kappa shape index (κ2) is 6.73. The average molecular weight is 215 g/mol. The molecule has 0 amide bonds. The second-order valence-electron chi connectivity index (χ2n) is 4.79. The minimum Gasteiger partial charge on any atom is -0.303 e. The first kappa shape index (κ1) is 12.4. The van der Waals surface area contributed by atoms with E-state index in [0.717, 1.165) is 17.6 Å². The van der Waals surface area contributed by atoms with Crippen LogP contribution in [0, 0.1) is 11.8 Å². The molecule has 0 bridgehead atoms. The van der Waals surface area contributed by atoms with E-state index in [0.29, 0.717) is 0 Å². The zero-order chi connectivity index (χ0) is 10.4. The monoisotopic (exact) mass is 215 g/mol. The van der Waals surface area contributed by atoms with Crippen LogP contribution in [0.25, 0.3) is 0 Å². The summed E-state index contributed by atoms with van der Waals surface area (Å²) in [6.45, 7) is 8.56. The number of nitrogens with zero attached hydrogens (tertiary/aromatic N) is 1. The van der Waals surface area contributed by atoms with Gasteiger partial charge >= 0.3 is 0 Å². The van der Waals surface area contributed by atoms with E-state index in [1.807, 2.05) is 0 Å². The first-order valence-electron chi connectivity index (χ1n) is 6.09. The number of rotatable bonds is 4. The van der Waals surface area contributed by atoms with Crippen molar-refractivity contribution in [2.24, 2.45) is 11.8 Å². The predicted octanol–water partition coefficient (Wildman–Crippen LogP) is 3.06. The summed E-state index contributed by atoms with van der Waals surface area (Å²) in [6.07, 6.45) is 5.48. The highest BCUT2D eigenvalue weighted by molar-refractivity contribution is 7.80. The number of hydrogen-bond donors (Lipinski definition) is 1. The molecule has 1 fully saturated rings. The van der Waals surface area contributed by atoms with Gasteiger partial charge in [-0.05, 0) is 49.9 Å². The molecule has 2 unspecified atom stereocenters. The predicted molar refractivity (Wildman–Crippen MR) is 67.1 cm³/mol. The Morgan fingerprint density at radius 2 is 2.14 bits per heavy atom. The number of hydrogen-bond acceptors (Lipinski definition) is 2. The summed E-state index contributed by atoms with van der Waals surface area (Å²) in [4.78, 5) is 2.65. The highest BCUT2D eigenvalue weighted by Gasteiger charge is 2.16. The summed E-state index contributed by atoms with van der Waals surface area (Å²) in [6, 6.07) is 0. The van der Waals surface area contributed by atoms with Crippen LogP contribution in [-0.4, -0.2) is 30.3 Å². The molecule has 2 atom stereocenters. The standard InChI is InChI=1S/C12H25NS/c1-3-12(10-14)9-13-7-4-5-11(2)6-8-13/h11-12,14H,3-10H2,1-2H3. The molecule has 1 heterocycles. The molecular weight excluding hydrogens is 190 g/mol. The molecule has 0 aromatic rings. The maximum absolute atomic E-state index is 4.41. The topological polar surface area (TPSA) is 3.24 Å². The van der Waals surface area contributed by atoms with Gasteiger partial charge < -0.3 is 4.90 Å². The van der Waals surface area contributed by atoms with Gasteiger partial charge in [0.25, 0.3) is 0 Å². The van der Waals surface area contributed by atoms with Crippen LogP contribution in [0.5, 0.6) is 0 Å². The zero-order valence-corrected chi connectivity index (χ0v) is 10.6. The van der Waals surface area contributed by atoms with Crippen molar-refractivity contribution in [3.63, 3.8) is 0 Å². The minimum atomic E-state index is 0.798. The third-order valence-electron chi connectivity index (χ3n) is 3.46. The van der Waals surface area contributed by atoms with Crippen molar-refractivity contribution in [1.82, 2.24) is 4.90 Å². The largest absolute Gasteiger partial charge is 0.303 e. The van der Waals surface area contributed by atoms with Crippen molar-refractivity contribution in [1.29, 1.82) is 0 Å². The smallest absolute Gasteiger partial charge is 0.00174 e. The molecule has 1 saturated heterocycles. The average Bonchev–Trinajstić information content (AvgIpc) is 2.40. The molecule has 0 aromatic carbocycles. The van der Waals surface area contributed by atoms with Crippen molar-refractivity contribution in [3.05, 3.63) is 0 Å². The number of thiol groups is 1. The van der Waals surface area contributed by atoms with Crippen molar-refractivity contribution < 1.29 is 0 Å². The number of likely N-dealkylation sites (tertiary alicyclic amines) is 1. The van der Waals surface area contributed by atoms with E-state index in [2.05, 4.69) is 31.4 Å². The molecule has 0 radical (unpaired) electrons. The van der Waals surface area contributed by atoms with Crippen LogP contribution in [-0.2, 0) is 0 Å². The maximum atomic E-state index is 4.41. The minimum absolute atomic E-state index is 0.798. The molecule has 0 spiro atoms. The van der Waals surface area contributed by atoms with E-state index in [9.17, 15) is 0 Å². The van der Waals surface area contributed by atoms with Crippen LogP contribution < -0.4 is 0 Å². The highest BCUT2D eigenvalue weighted by atomic mass is 32.1. The fraction of sp³-hybridized carbons (Fsp3) is 1.00. The van der Waals surface area contributed by atoms with Gasteiger partial charge in [-0.15, -0.1) is 0 Å². The van der Waals surface area contributed by atoms with Crippen molar-refractivity contribution in [2.75, 3.05) is 25.4 Å². The Kier molecular flexibility index (Phi) is 5.95. The van der Waals surface area contributed by atoms with E-state index >= 15 is 0 Å². The molecule has 1 nitrogen and oxygen atoms in total. The molecular formula is C12H25NS. The van der Waals surface area contributed by atoms with Crippen LogP contribution in [0.1, 0.15) is 39.5 Å². The third kappa shape index (κ3) is 4.22. The molecule has 1 aliphatic rings. The molecule has 0 aliphatic carbocycles. The van der Waals surface area contributed by atoms with Gasteiger partial charge in [-0.1, -0.05) is 20.3 Å². The molecule has 0 saturated carbocycles. The van der Waals surface area contributed by atoms with E-state index in [1.54, 1.807) is 0 Å². The Morgan fingerprint density at radius 3 is 2.79 bits per heavy atom. The molecule has 2 heteroatoms. The molecule has 14 heavy (non-hydrogen) atoms. The molecule has 1 rings (SSSR count). The first-order chi connectivity index (χ1) is 6.76. The fourth-order valence-corrected chi connectivity index (χ4v) is 2.56. The lowest BCUT2D eigenvalue weighted by molar-refractivity contribution is 0.243. The van der Waals surface area contributed by atoms with Crippen LogP contribution in [0.4, 0.5) is 0 Å². The molecule has 0 aromatic heterocycles. The van der Waals surface area contributed by atoms with E-state index in [4.69, 9.17) is 0 Å². The summed E-state index contributed by atoms with van der Waals surface area (Å²) in [5, 5.41) is 0. The van der Waals surface area contributed by atoms with Crippen molar-refractivity contribution >= 4 is 12.6 Å². The highest BCUT2D eigenvalue weighted by Crippen LogP contribution is 2.18. The third-order valence-corrected chi connectivity index (χ3v) is 3.98. The summed E-state index contributed by atoms with van der Waals surface area (Å²) < 4.78 is 0. The van der Waals surface area contributed by atoms with Crippen LogP contribution in [0.2, 0.25) is 0 Å². The van der Waals surface area contributed by atoms with Gasteiger partial charge in [0, 0.05) is 6.54 Å². The lowest BCUT2D eigenvalue weighted by atomic mass is 10.0. The zero-order valence-electron chi connectivity index (χ0n) is 9.71. The van der Waals surface area contributed by atoms with Crippen molar-refractivity contribution in [2.45, 2.75) is 39.5 Å². The Balaban J connectivity index is 2.29. The van der Waals surface area contributed by atoms with Gasteiger partial charge in [-0.2, -0.15) is 12.6 Å². The lowest BCUT2D eigenvalue weighted by Crippen LogP contribution is -2.31. The molecule has 1 aliphatic heterocycles. The SMILES string of the molecule is CCC(CS)CN1CCCC(C)CC1. The quantitative estimate of drug-likeness (QED) is 0.705. The van der Waals surface area contributed by atoms with E-state index < -0.39 is 0 Å². The Labute approximate surface area is 94.7 Å². The van der Waals surface area contributed by atoms with Gasteiger partial charge in [0.15, 0.2) is 0 Å². The van der Waals surface area contributed by atoms with E-state index in [-0.39, 0.29) is 0 Å². The molecule has 84 valence electrons. The summed E-state index contributed by atoms with van der Waals surface area (Å²) >= 11 is 4.41. The Morgan fingerprint density at radius 1 is 1.36 bits per heavy atom. The van der Waals surface area contributed by atoms with Crippen LogP contribution >= 0.6 is 12.6 Å². The van der Waals surface area contributed by atoms with Gasteiger partial charge in [0.2, 0.25) is 0 Å². The first-order valence-corrected chi connectivity index (χ1v) is 6.72. The van der Waals surface area contributed by atoms with Crippen LogP contribution in [0.15, 0.2) is 0 Å². The van der Waals surface area contributed by atoms with Gasteiger partial charge in [0.05, 0.1) is 0 Å².